The molecule has 0 amide bonds. The fraction of sp³-hybridized carbons (Fsp3) is 0.412. The lowest BCUT2D eigenvalue weighted by atomic mass is 9.99. The number of aliphatic hydroxyl groups is 1. The minimum absolute atomic E-state index is 0.247. The fourth-order valence-corrected chi connectivity index (χ4v) is 3.12. The molecular formula is C17H18F3N3O2. The van der Waals surface area contributed by atoms with Gasteiger partial charge in [-0.15, -0.1) is 10.2 Å². The van der Waals surface area contributed by atoms with E-state index in [4.69, 9.17) is 0 Å². The van der Waals surface area contributed by atoms with E-state index < -0.39 is 23.6 Å². The first-order valence-electron chi connectivity index (χ1n) is 7.87. The zero-order valence-electron chi connectivity index (χ0n) is 13.8. The number of phenolic OH excluding ortho intramolecular Hbond substituents is 1. The van der Waals surface area contributed by atoms with Crippen molar-refractivity contribution in [3.05, 3.63) is 34.9 Å². The molecule has 5 nitrogen and oxygen atoms in total. The molecule has 2 aromatic rings. The molecule has 2 heterocycles. The van der Waals surface area contributed by atoms with Crippen LogP contribution >= 0.6 is 0 Å². The molecule has 3 rings (SSSR count). The Morgan fingerprint density at radius 3 is 2.56 bits per heavy atom. The topological polar surface area (TPSA) is 69.5 Å². The average Bonchev–Trinajstić information content (AvgIpc) is 2.87. The van der Waals surface area contributed by atoms with E-state index in [-0.39, 0.29) is 11.1 Å². The Labute approximate surface area is 142 Å². The Balaban J connectivity index is 1.99. The summed E-state index contributed by atoms with van der Waals surface area (Å²) >= 11 is 0. The van der Waals surface area contributed by atoms with Gasteiger partial charge in [-0.1, -0.05) is 0 Å². The molecule has 1 atom stereocenters. The SMILES string of the molecule is Cc1cc(C(F)(F)F)cc(O)c1-c1cc2c(nn1)N(C[C@H](C)O)CC2. The Morgan fingerprint density at radius 2 is 1.96 bits per heavy atom. The van der Waals surface area contributed by atoms with Crippen LogP contribution in [0.5, 0.6) is 5.75 Å². The lowest BCUT2D eigenvalue weighted by molar-refractivity contribution is -0.137. The van der Waals surface area contributed by atoms with Crippen LogP contribution in [0.4, 0.5) is 19.0 Å². The Hall–Kier alpha value is -2.35. The minimum Gasteiger partial charge on any atom is -0.507 e. The minimum atomic E-state index is -4.52. The fourth-order valence-electron chi connectivity index (χ4n) is 3.12. The number of phenols is 1. The van der Waals surface area contributed by atoms with Crippen molar-refractivity contribution < 1.29 is 23.4 Å². The molecule has 25 heavy (non-hydrogen) atoms. The first kappa shape index (κ1) is 17.5. The van der Waals surface area contributed by atoms with Crippen molar-refractivity contribution in [1.82, 2.24) is 10.2 Å². The van der Waals surface area contributed by atoms with E-state index in [1.807, 2.05) is 4.90 Å². The van der Waals surface area contributed by atoms with Crippen LogP contribution in [0.2, 0.25) is 0 Å². The predicted octanol–water partition coefficient (Wildman–Crippen LogP) is 2.92. The van der Waals surface area contributed by atoms with Gasteiger partial charge in [0.25, 0.3) is 0 Å². The zero-order valence-corrected chi connectivity index (χ0v) is 13.8. The molecule has 0 saturated carbocycles. The summed E-state index contributed by atoms with van der Waals surface area (Å²) in [5.74, 6) is 0.189. The lowest BCUT2D eigenvalue weighted by Gasteiger charge is -2.19. The van der Waals surface area contributed by atoms with Gasteiger partial charge in [-0.2, -0.15) is 13.2 Å². The van der Waals surface area contributed by atoms with E-state index in [1.165, 1.54) is 6.92 Å². The Morgan fingerprint density at radius 1 is 1.24 bits per heavy atom. The van der Waals surface area contributed by atoms with Gasteiger partial charge in [-0.3, -0.25) is 0 Å². The number of β-amino-alcohol motifs (C(OH)–C–C–N with tert-alkyl or cyclic N) is 1. The molecule has 0 aliphatic carbocycles. The van der Waals surface area contributed by atoms with Crippen LogP contribution in [0, 0.1) is 6.92 Å². The molecule has 2 N–H and O–H groups in total. The van der Waals surface area contributed by atoms with Gasteiger partial charge in [0.05, 0.1) is 17.4 Å². The highest BCUT2D eigenvalue weighted by molar-refractivity contribution is 5.73. The maximum absolute atomic E-state index is 12.8. The summed E-state index contributed by atoms with van der Waals surface area (Å²) in [5, 5.41) is 27.8. The summed E-state index contributed by atoms with van der Waals surface area (Å²) < 4.78 is 38.5. The molecule has 8 heteroatoms. The van der Waals surface area contributed by atoms with Crippen molar-refractivity contribution in [3.63, 3.8) is 0 Å². The van der Waals surface area contributed by atoms with Crippen molar-refractivity contribution >= 4 is 5.82 Å². The molecule has 1 aromatic carbocycles. The molecule has 0 bridgehead atoms. The maximum atomic E-state index is 12.8. The van der Waals surface area contributed by atoms with Crippen LogP contribution in [0.25, 0.3) is 11.3 Å². The molecule has 1 aromatic heterocycles. The highest BCUT2D eigenvalue weighted by Gasteiger charge is 2.32. The molecule has 0 radical (unpaired) electrons. The second-order valence-electron chi connectivity index (χ2n) is 6.31. The molecule has 1 aliphatic heterocycles. The van der Waals surface area contributed by atoms with Gasteiger partial charge in [0.15, 0.2) is 5.82 Å². The second kappa shape index (κ2) is 6.18. The number of fused-ring (bicyclic) bond motifs is 1. The monoisotopic (exact) mass is 353 g/mol. The molecule has 1 aliphatic rings. The Kier molecular flexibility index (Phi) is 4.32. The number of rotatable bonds is 3. The van der Waals surface area contributed by atoms with E-state index in [0.29, 0.717) is 37.1 Å². The van der Waals surface area contributed by atoms with Gasteiger partial charge < -0.3 is 15.1 Å². The smallest absolute Gasteiger partial charge is 0.416 e. The molecule has 0 fully saturated rings. The van der Waals surface area contributed by atoms with Gasteiger partial charge in [-0.25, -0.2) is 0 Å². The quantitative estimate of drug-likeness (QED) is 0.888. The number of anilines is 1. The van der Waals surface area contributed by atoms with E-state index in [1.54, 1.807) is 13.0 Å². The third-order valence-corrected chi connectivity index (χ3v) is 4.18. The summed E-state index contributed by atoms with van der Waals surface area (Å²) in [4.78, 5) is 1.91. The maximum Gasteiger partial charge on any atom is 0.416 e. The van der Waals surface area contributed by atoms with Crippen molar-refractivity contribution in [1.29, 1.82) is 0 Å². The van der Waals surface area contributed by atoms with Gasteiger partial charge >= 0.3 is 6.18 Å². The number of halogens is 3. The van der Waals surface area contributed by atoms with Gasteiger partial charge in [0.1, 0.15) is 5.75 Å². The van der Waals surface area contributed by atoms with Crippen molar-refractivity contribution in [2.75, 3.05) is 18.0 Å². The van der Waals surface area contributed by atoms with Gasteiger partial charge in [-0.05, 0) is 44.0 Å². The van der Waals surface area contributed by atoms with Crippen LogP contribution < -0.4 is 4.90 Å². The lowest BCUT2D eigenvalue weighted by Crippen LogP contribution is -2.29. The molecule has 0 saturated heterocycles. The van der Waals surface area contributed by atoms with Gasteiger partial charge in [0, 0.05) is 24.2 Å². The van der Waals surface area contributed by atoms with Crippen molar-refractivity contribution in [2.45, 2.75) is 32.5 Å². The van der Waals surface area contributed by atoms with E-state index >= 15 is 0 Å². The molecule has 0 spiro atoms. The number of alkyl halides is 3. The van der Waals surface area contributed by atoms with Crippen molar-refractivity contribution in [2.24, 2.45) is 0 Å². The largest absolute Gasteiger partial charge is 0.507 e. The average molecular weight is 353 g/mol. The van der Waals surface area contributed by atoms with Crippen LogP contribution in [0.15, 0.2) is 18.2 Å². The summed E-state index contributed by atoms with van der Waals surface area (Å²) in [5.41, 5.74) is 0.854. The van der Waals surface area contributed by atoms with E-state index in [2.05, 4.69) is 10.2 Å². The summed E-state index contributed by atoms with van der Waals surface area (Å²) in [6.07, 6.45) is -4.33. The number of aromatic hydroxyl groups is 1. The first-order chi connectivity index (χ1) is 11.7. The number of hydrogen-bond donors (Lipinski definition) is 2. The Bertz CT molecular complexity index is 783. The number of hydrogen-bond acceptors (Lipinski definition) is 5. The summed E-state index contributed by atoms with van der Waals surface area (Å²) in [6, 6.07) is 3.43. The zero-order chi connectivity index (χ0) is 18.4. The number of aryl methyl sites for hydroxylation is 1. The van der Waals surface area contributed by atoms with Crippen molar-refractivity contribution in [3.8, 4) is 17.0 Å². The number of nitrogens with zero attached hydrogens (tertiary/aromatic N) is 3. The summed E-state index contributed by atoms with van der Waals surface area (Å²) in [6.45, 7) is 4.31. The van der Waals surface area contributed by atoms with Crippen LogP contribution in [0.1, 0.15) is 23.6 Å². The highest BCUT2D eigenvalue weighted by Crippen LogP contribution is 2.39. The summed E-state index contributed by atoms with van der Waals surface area (Å²) in [7, 11) is 0. The van der Waals surface area contributed by atoms with Crippen LogP contribution in [0.3, 0.4) is 0 Å². The standard InChI is InChI=1S/C17H18F3N3O2/c1-9-5-12(17(18,19)20)7-14(25)15(9)13-6-11-3-4-23(8-10(2)24)16(11)22-21-13/h5-7,10,24-25H,3-4,8H2,1-2H3/t10-/m0/s1. The molecular weight excluding hydrogens is 335 g/mol. The highest BCUT2D eigenvalue weighted by atomic mass is 19.4. The van der Waals surface area contributed by atoms with Crippen LogP contribution in [-0.4, -0.2) is 39.6 Å². The first-order valence-corrected chi connectivity index (χ1v) is 7.87. The van der Waals surface area contributed by atoms with Crippen LogP contribution in [-0.2, 0) is 12.6 Å². The second-order valence-corrected chi connectivity index (χ2v) is 6.31. The van der Waals surface area contributed by atoms with E-state index in [0.717, 1.165) is 11.6 Å². The number of aliphatic hydroxyl groups excluding tert-OH is 1. The van der Waals surface area contributed by atoms with E-state index in [9.17, 15) is 23.4 Å². The number of aromatic nitrogens is 2. The third-order valence-electron chi connectivity index (χ3n) is 4.18. The molecule has 0 unspecified atom stereocenters. The number of benzene rings is 1. The third kappa shape index (κ3) is 3.39. The molecule has 134 valence electrons. The predicted molar refractivity (Wildman–Crippen MR) is 86.5 cm³/mol. The van der Waals surface area contributed by atoms with Gasteiger partial charge in [0.2, 0.25) is 0 Å². The normalized spacial score (nSPS) is 15.4.